The van der Waals surface area contributed by atoms with Crippen molar-refractivity contribution in [2.75, 3.05) is 0 Å². The highest BCUT2D eigenvalue weighted by Gasteiger charge is 2.51. The summed E-state index contributed by atoms with van der Waals surface area (Å²) in [5.41, 5.74) is 14.3. The first-order valence-electron chi connectivity index (χ1n) is 16.9. The lowest BCUT2D eigenvalue weighted by molar-refractivity contribution is 0.669. The van der Waals surface area contributed by atoms with Gasteiger partial charge in [0, 0.05) is 27.5 Å². The number of para-hydroxylation sites is 1. The van der Waals surface area contributed by atoms with Crippen LogP contribution < -0.4 is 0 Å². The Morgan fingerprint density at radius 2 is 0.820 bits per heavy atom. The lowest BCUT2D eigenvalue weighted by Crippen LogP contribution is -2.25. The smallest absolute Gasteiger partial charge is 0.164 e. The van der Waals surface area contributed by atoms with Crippen LogP contribution in [-0.4, -0.2) is 15.0 Å². The van der Waals surface area contributed by atoms with Crippen LogP contribution in [0.5, 0.6) is 0 Å². The Hall–Kier alpha value is -6.65. The SMILES string of the molecule is c1ccc(-c2nc(-c3ccc4c(c3)C3(c5ccccc5-c5ccccc53)c3ccccc3-4)nc(-c3ccc4oc5ccccc5c4c3)n2)cc1. The molecule has 50 heavy (non-hydrogen) atoms. The van der Waals surface area contributed by atoms with E-state index in [1.54, 1.807) is 0 Å². The Kier molecular flexibility index (Phi) is 5.56. The Balaban J connectivity index is 1.16. The molecule has 0 bridgehead atoms. The van der Waals surface area contributed by atoms with Crippen molar-refractivity contribution < 1.29 is 4.42 Å². The second-order valence-electron chi connectivity index (χ2n) is 13.1. The molecule has 0 unspecified atom stereocenters. The van der Waals surface area contributed by atoms with Gasteiger partial charge >= 0.3 is 0 Å². The van der Waals surface area contributed by atoms with E-state index in [9.17, 15) is 0 Å². The van der Waals surface area contributed by atoms with Crippen LogP contribution in [0, 0.1) is 0 Å². The van der Waals surface area contributed by atoms with Crippen LogP contribution >= 0.6 is 0 Å². The van der Waals surface area contributed by atoms with E-state index in [2.05, 4.69) is 115 Å². The van der Waals surface area contributed by atoms with Crippen LogP contribution in [0.25, 0.3) is 78.4 Å². The Bertz CT molecular complexity index is 2770. The molecule has 11 rings (SSSR count). The normalized spacial score (nSPS) is 13.4. The lowest BCUT2D eigenvalue weighted by Gasteiger charge is -2.30. The second-order valence-corrected chi connectivity index (χ2v) is 13.1. The van der Waals surface area contributed by atoms with Crippen LogP contribution in [-0.2, 0) is 5.41 Å². The molecule has 2 heterocycles. The zero-order valence-corrected chi connectivity index (χ0v) is 26.8. The molecule has 4 nitrogen and oxygen atoms in total. The van der Waals surface area contributed by atoms with E-state index in [-0.39, 0.29) is 0 Å². The fraction of sp³-hybridized carbons (Fsp3) is 0.0217. The van der Waals surface area contributed by atoms with E-state index in [1.807, 2.05) is 48.5 Å². The topological polar surface area (TPSA) is 51.8 Å². The molecule has 0 saturated carbocycles. The predicted molar refractivity (Wildman–Crippen MR) is 200 cm³/mol. The molecule has 232 valence electrons. The van der Waals surface area contributed by atoms with Gasteiger partial charge in [-0.2, -0.15) is 0 Å². The summed E-state index contributed by atoms with van der Waals surface area (Å²) in [4.78, 5) is 15.4. The third kappa shape index (κ3) is 3.67. The first-order chi connectivity index (χ1) is 24.8. The third-order valence-electron chi connectivity index (χ3n) is 10.6. The van der Waals surface area contributed by atoms with Gasteiger partial charge in [-0.3, -0.25) is 0 Å². The zero-order chi connectivity index (χ0) is 32.8. The quantitative estimate of drug-likeness (QED) is 0.193. The molecule has 0 atom stereocenters. The second kappa shape index (κ2) is 10.2. The molecular weight excluding hydrogens is 611 g/mol. The van der Waals surface area contributed by atoms with E-state index in [0.29, 0.717) is 17.5 Å². The van der Waals surface area contributed by atoms with Gasteiger partial charge in [-0.1, -0.05) is 133 Å². The molecule has 0 saturated heterocycles. The molecule has 0 N–H and O–H groups in total. The zero-order valence-electron chi connectivity index (χ0n) is 26.8. The van der Waals surface area contributed by atoms with Crippen molar-refractivity contribution in [2.45, 2.75) is 5.41 Å². The van der Waals surface area contributed by atoms with Gasteiger partial charge in [0.25, 0.3) is 0 Å². The van der Waals surface area contributed by atoms with E-state index < -0.39 is 5.41 Å². The maximum absolute atomic E-state index is 6.14. The van der Waals surface area contributed by atoms with Gasteiger partial charge in [-0.05, 0) is 74.8 Å². The third-order valence-corrected chi connectivity index (χ3v) is 10.6. The van der Waals surface area contributed by atoms with Crippen molar-refractivity contribution in [3.63, 3.8) is 0 Å². The van der Waals surface area contributed by atoms with Crippen molar-refractivity contribution in [3.05, 3.63) is 186 Å². The van der Waals surface area contributed by atoms with Crippen molar-refractivity contribution in [2.24, 2.45) is 0 Å². The van der Waals surface area contributed by atoms with Crippen LogP contribution in [0.4, 0.5) is 0 Å². The number of benzene rings is 7. The maximum atomic E-state index is 6.14. The van der Waals surface area contributed by atoms with Crippen LogP contribution in [0.2, 0.25) is 0 Å². The summed E-state index contributed by atoms with van der Waals surface area (Å²) in [5, 5.41) is 2.11. The summed E-state index contributed by atoms with van der Waals surface area (Å²) in [6.45, 7) is 0. The number of nitrogens with zero attached hydrogens (tertiary/aromatic N) is 3. The van der Waals surface area contributed by atoms with E-state index in [1.165, 1.54) is 44.5 Å². The van der Waals surface area contributed by atoms with Crippen molar-refractivity contribution >= 4 is 21.9 Å². The lowest BCUT2D eigenvalue weighted by atomic mass is 9.70. The fourth-order valence-corrected chi connectivity index (χ4v) is 8.45. The monoisotopic (exact) mass is 637 g/mol. The summed E-state index contributed by atoms with van der Waals surface area (Å²) in [7, 11) is 0. The van der Waals surface area contributed by atoms with Crippen molar-refractivity contribution in [1.82, 2.24) is 15.0 Å². The van der Waals surface area contributed by atoms with Gasteiger partial charge in [-0.15, -0.1) is 0 Å². The largest absolute Gasteiger partial charge is 0.456 e. The molecule has 0 radical (unpaired) electrons. The minimum atomic E-state index is -0.444. The number of fused-ring (bicyclic) bond motifs is 13. The first-order valence-corrected chi connectivity index (χ1v) is 16.9. The minimum absolute atomic E-state index is 0.444. The van der Waals surface area contributed by atoms with Crippen LogP contribution in [0.3, 0.4) is 0 Å². The van der Waals surface area contributed by atoms with Gasteiger partial charge in [-0.25, -0.2) is 15.0 Å². The molecule has 0 aliphatic heterocycles. The Morgan fingerprint density at radius 1 is 0.340 bits per heavy atom. The number of hydrogen-bond acceptors (Lipinski definition) is 4. The molecule has 2 aromatic heterocycles. The highest BCUT2D eigenvalue weighted by atomic mass is 16.3. The van der Waals surface area contributed by atoms with E-state index in [4.69, 9.17) is 19.4 Å². The molecular formula is C46H27N3O. The van der Waals surface area contributed by atoms with Gasteiger partial charge in [0.15, 0.2) is 17.5 Å². The average molecular weight is 638 g/mol. The fourth-order valence-electron chi connectivity index (χ4n) is 8.45. The Morgan fingerprint density at radius 3 is 1.48 bits per heavy atom. The van der Waals surface area contributed by atoms with Gasteiger partial charge in [0.05, 0.1) is 5.41 Å². The van der Waals surface area contributed by atoms with Crippen molar-refractivity contribution in [3.8, 4) is 56.4 Å². The molecule has 0 fully saturated rings. The maximum Gasteiger partial charge on any atom is 0.164 e. The van der Waals surface area contributed by atoms with Crippen LogP contribution in [0.1, 0.15) is 22.3 Å². The molecule has 7 aromatic carbocycles. The molecule has 9 aromatic rings. The molecule has 4 heteroatoms. The Labute approximate surface area is 288 Å². The average Bonchev–Trinajstić information content (AvgIpc) is 3.82. The van der Waals surface area contributed by atoms with E-state index in [0.717, 1.165) is 38.6 Å². The predicted octanol–water partition coefficient (Wildman–Crippen LogP) is 11.1. The summed E-state index contributed by atoms with van der Waals surface area (Å²) in [5.74, 6) is 1.90. The number of furan rings is 1. The standard InChI is InChI=1S/C46H27N3O/c1-2-12-28(13-3-1)43-47-44(29-23-25-42-36(26-29)35-17-7-11-21-41(35)50-42)49-45(48-43)30-22-24-34-33-16-6-10-20-39(33)46(40(34)27-30)37-18-8-4-14-31(37)32-15-5-9-19-38(32)46/h1-27H. The molecule has 2 aliphatic carbocycles. The number of aromatic nitrogens is 3. The molecule has 1 spiro atoms. The van der Waals surface area contributed by atoms with Gasteiger partial charge in [0.2, 0.25) is 0 Å². The summed E-state index contributed by atoms with van der Waals surface area (Å²) in [6.07, 6.45) is 0. The minimum Gasteiger partial charge on any atom is -0.456 e. The highest BCUT2D eigenvalue weighted by Crippen LogP contribution is 2.62. The number of rotatable bonds is 3. The highest BCUT2D eigenvalue weighted by molar-refractivity contribution is 6.06. The van der Waals surface area contributed by atoms with Crippen LogP contribution in [0.15, 0.2) is 168 Å². The van der Waals surface area contributed by atoms with Gasteiger partial charge in [0.1, 0.15) is 11.2 Å². The summed E-state index contributed by atoms with van der Waals surface area (Å²) < 4.78 is 6.14. The van der Waals surface area contributed by atoms with Crippen molar-refractivity contribution in [1.29, 1.82) is 0 Å². The van der Waals surface area contributed by atoms with Gasteiger partial charge < -0.3 is 4.42 Å². The molecule has 0 amide bonds. The summed E-state index contributed by atoms with van der Waals surface area (Å²) >= 11 is 0. The van der Waals surface area contributed by atoms with E-state index >= 15 is 0 Å². The first kappa shape index (κ1) is 27.3. The number of hydrogen-bond donors (Lipinski definition) is 0. The molecule has 2 aliphatic rings. The summed E-state index contributed by atoms with van der Waals surface area (Å²) in [6, 6.07) is 57.9.